The van der Waals surface area contributed by atoms with Gasteiger partial charge in [0.25, 0.3) is 0 Å². The summed E-state index contributed by atoms with van der Waals surface area (Å²) in [7, 11) is 0. The molecule has 0 aromatic carbocycles. The maximum atomic E-state index is 12.1. The average Bonchev–Trinajstić information content (AvgIpc) is 2.72. The molecule has 1 amide bonds. The summed E-state index contributed by atoms with van der Waals surface area (Å²) < 4.78 is 5.43. The molecule has 2 rings (SSSR count). The van der Waals surface area contributed by atoms with Gasteiger partial charge >= 0.3 is 6.09 Å². The van der Waals surface area contributed by atoms with Crippen molar-refractivity contribution in [2.45, 2.75) is 58.1 Å². The number of piperidine rings is 1. The number of carbonyl (C=O) groups excluding carboxylic acids is 2. The van der Waals surface area contributed by atoms with Crippen molar-refractivity contribution in [1.29, 1.82) is 0 Å². The third-order valence-electron chi connectivity index (χ3n) is 4.19. The maximum absolute atomic E-state index is 12.1. The lowest BCUT2D eigenvalue weighted by Crippen LogP contribution is -2.52. The Balaban J connectivity index is 1.93. The molecule has 0 bridgehead atoms. The van der Waals surface area contributed by atoms with E-state index >= 15 is 0 Å². The van der Waals surface area contributed by atoms with Gasteiger partial charge in [-0.05, 0) is 34.1 Å². The minimum absolute atomic E-state index is 0.0163. The van der Waals surface area contributed by atoms with E-state index in [0.29, 0.717) is 25.2 Å². The fraction of sp³-hybridized carbons (Fsp3) is 0.867. The number of carbonyl (C=O) groups is 2. The van der Waals surface area contributed by atoms with Crippen LogP contribution in [0, 0.1) is 0 Å². The molecule has 2 saturated heterocycles. The first-order chi connectivity index (χ1) is 9.20. The van der Waals surface area contributed by atoms with E-state index in [-0.39, 0.29) is 11.6 Å². The maximum Gasteiger partial charge on any atom is 0.410 e. The van der Waals surface area contributed by atoms with Gasteiger partial charge in [-0.25, -0.2) is 4.79 Å². The first-order valence-corrected chi connectivity index (χ1v) is 7.44. The number of ketones is 1. The highest BCUT2D eigenvalue weighted by atomic mass is 16.6. The van der Waals surface area contributed by atoms with Crippen LogP contribution in [0.15, 0.2) is 0 Å². The summed E-state index contributed by atoms with van der Waals surface area (Å²) in [6, 6.07) is 0. The summed E-state index contributed by atoms with van der Waals surface area (Å²) in [5.74, 6) is 0.354. The van der Waals surface area contributed by atoms with Crippen LogP contribution in [0.1, 0.15) is 47.0 Å². The Morgan fingerprint density at radius 3 is 2.35 bits per heavy atom. The lowest BCUT2D eigenvalue weighted by molar-refractivity contribution is -0.122. The third kappa shape index (κ3) is 3.51. The molecule has 2 aliphatic rings. The molecule has 2 fully saturated rings. The Morgan fingerprint density at radius 2 is 1.80 bits per heavy atom. The molecule has 5 nitrogen and oxygen atoms in total. The Labute approximate surface area is 121 Å². The molecular weight excluding hydrogens is 256 g/mol. The molecule has 1 atom stereocenters. The Morgan fingerprint density at radius 1 is 1.20 bits per heavy atom. The van der Waals surface area contributed by atoms with Gasteiger partial charge in [0.2, 0.25) is 0 Å². The molecule has 0 radical (unpaired) electrons. The Kier molecular flexibility index (Phi) is 4.09. The molecule has 2 heterocycles. The van der Waals surface area contributed by atoms with Crippen molar-refractivity contribution >= 4 is 11.9 Å². The second kappa shape index (κ2) is 5.35. The molecule has 20 heavy (non-hydrogen) atoms. The first-order valence-electron chi connectivity index (χ1n) is 7.44. The molecule has 0 aromatic heterocycles. The van der Waals surface area contributed by atoms with E-state index in [2.05, 4.69) is 11.8 Å². The van der Waals surface area contributed by atoms with Crippen LogP contribution in [0.3, 0.4) is 0 Å². The quantitative estimate of drug-likeness (QED) is 0.738. The average molecular weight is 282 g/mol. The second-order valence-electron chi connectivity index (χ2n) is 7.17. The van der Waals surface area contributed by atoms with E-state index in [0.717, 1.165) is 26.1 Å². The molecule has 5 heteroatoms. The van der Waals surface area contributed by atoms with Crippen LogP contribution >= 0.6 is 0 Å². The molecule has 2 aliphatic heterocycles. The number of nitrogens with zero attached hydrogens (tertiary/aromatic N) is 2. The SMILES string of the molecule is CC(C)(C)OC(=O)N1CC[C@@](C)(N2CCC(=O)CC2)C1. The summed E-state index contributed by atoms with van der Waals surface area (Å²) in [4.78, 5) is 27.6. The van der Waals surface area contributed by atoms with Crippen LogP contribution in [-0.2, 0) is 9.53 Å². The van der Waals surface area contributed by atoms with Crippen LogP contribution in [-0.4, -0.2) is 59.0 Å². The van der Waals surface area contributed by atoms with Crippen LogP contribution in [0.25, 0.3) is 0 Å². The number of rotatable bonds is 1. The number of amides is 1. The van der Waals surface area contributed by atoms with E-state index in [4.69, 9.17) is 4.74 Å². The molecule has 114 valence electrons. The van der Waals surface area contributed by atoms with Crippen LogP contribution < -0.4 is 0 Å². The number of likely N-dealkylation sites (tertiary alicyclic amines) is 2. The van der Waals surface area contributed by atoms with Gasteiger partial charge in [-0.3, -0.25) is 9.69 Å². The molecule has 0 aliphatic carbocycles. The predicted octanol–water partition coefficient (Wildman–Crippen LogP) is 2.05. The highest BCUT2D eigenvalue weighted by molar-refractivity contribution is 5.79. The van der Waals surface area contributed by atoms with Gasteiger partial charge in [0.15, 0.2) is 0 Å². The fourth-order valence-electron chi connectivity index (χ4n) is 2.98. The van der Waals surface area contributed by atoms with Gasteiger partial charge in [-0.1, -0.05) is 0 Å². The molecule has 0 N–H and O–H groups in total. The number of hydrogen-bond donors (Lipinski definition) is 0. The Hall–Kier alpha value is -1.10. The van der Waals surface area contributed by atoms with Crippen molar-refractivity contribution in [3.8, 4) is 0 Å². The predicted molar refractivity (Wildman–Crippen MR) is 76.6 cm³/mol. The van der Waals surface area contributed by atoms with E-state index in [1.165, 1.54) is 0 Å². The van der Waals surface area contributed by atoms with Crippen molar-refractivity contribution in [2.75, 3.05) is 26.2 Å². The molecular formula is C15H26N2O3. The van der Waals surface area contributed by atoms with Crippen molar-refractivity contribution in [2.24, 2.45) is 0 Å². The van der Waals surface area contributed by atoms with Gasteiger partial charge in [0.05, 0.1) is 0 Å². The molecule has 0 aromatic rings. The Bertz CT molecular complexity index is 392. The number of hydrogen-bond acceptors (Lipinski definition) is 4. The summed E-state index contributed by atoms with van der Waals surface area (Å²) in [5.41, 5.74) is -0.467. The molecule has 0 unspecified atom stereocenters. The lowest BCUT2D eigenvalue weighted by Gasteiger charge is -2.40. The van der Waals surface area contributed by atoms with Crippen molar-refractivity contribution < 1.29 is 14.3 Å². The minimum atomic E-state index is -0.451. The van der Waals surface area contributed by atoms with Gasteiger partial charge in [-0.15, -0.1) is 0 Å². The van der Waals surface area contributed by atoms with Crippen LogP contribution in [0.2, 0.25) is 0 Å². The number of ether oxygens (including phenoxy) is 1. The zero-order valence-corrected chi connectivity index (χ0v) is 13.1. The smallest absolute Gasteiger partial charge is 0.410 e. The molecule has 0 saturated carbocycles. The normalized spacial score (nSPS) is 28.8. The summed E-state index contributed by atoms with van der Waals surface area (Å²) in [5, 5.41) is 0. The zero-order valence-electron chi connectivity index (χ0n) is 13.1. The summed E-state index contributed by atoms with van der Waals surface area (Å²) >= 11 is 0. The third-order valence-corrected chi connectivity index (χ3v) is 4.19. The standard InChI is InChI=1S/C15H26N2O3/c1-14(2,3)20-13(19)16-10-7-15(4,11-16)17-8-5-12(18)6-9-17/h5-11H2,1-4H3/t15-/m1/s1. The van der Waals surface area contributed by atoms with E-state index in [9.17, 15) is 9.59 Å². The largest absolute Gasteiger partial charge is 0.444 e. The zero-order chi connectivity index (χ0) is 15.0. The van der Waals surface area contributed by atoms with Gasteiger partial charge in [0.1, 0.15) is 11.4 Å². The summed E-state index contributed by atoms with van der Waals surface area (Å²) in [6.45, 7) is 10.9. The first kappa shape index (κ1) is 15.3. The van der Waals surface area contributed by atoms with Gasteiger partial charge in [-0.2, -0.15) is 0 Å². The van der Waals surface area contributed by atoms with Crippen molar-refractivity contribution in [3.05, 3.63) is 0 Å². The topological polar surface area (TPSA) is 49.9 Å². The molecule has 0 spiro atoms. The van der Waals surface area contributed by atoms with E-state index < -0.39 is 5.60 Å². The van der Waals surface area contributed by atoms with Crippen LogP contribution in [0.4, 0.5) is 4.79 Å². The van der Waals surface area contributed by atoms with Gasteiger partial charge in [0, 0.05) is 44.6 Å². The van der Waals surface area contributed by atoms with Crippen molar-refractivity contribution in [3.63, 3.8) is 0 Å². The number of Topliss-reactive ketones (excluding diaryl/α,β-unsaturated/α-hetero) is 1. The van der Waals surface area contributed by atoms with Crippen molar-refractivity contribution in [1.82, 2.24) is 9.80 Å². The van der Waals surface area contributed by atoms with E-state index in [1.54, 1.807) is 4.90 Å². The summed E-state index contributed by atoms with van der Waals surface area (Å²) in [6.07, 6.45) is 2.00. The minimum Gasteiger partial charge on any atom is -0.444 e. The second-order valence-corrected chi connectivity index (χ2v) is 7.17. The lowest BCUT2D eigenvalue weighted by atomic mass is 9.95. The van der Waals surface area contributed by atoms with Gasteiger partial charge < -0.3 is 9.64 Å². The highest BCUT2D eigenvalue weighted by Gasteiger charge is 2.42. The monoisotopic (exact) mass is 282 g/mol. The highest BCUT2D eigenvalue weighted by Crippen LogP contribution is 2.30. The van der Waals surface area contributed by atoms with E-state index in [1.807, 2.05) is 20.8 Å². The fourth-order valence-corrected chi connectivity index (χ4v) is 2.98. The van der Waals surface area contributed by atoms with Crippen LogP contribution in [0.5, 0.6) is 0 Å².